The molecule has 0 bridgehead atoms. The van der Waals surface area contributed by atoms with Crippen molar-refractivity contribution in [2.75, 3.05) is 0 Å². The standard InChI is InChI=1S/C40H34N4O8/c1-5-8-9-10-19(4)41-33(45)21-11-15-25-31-26(16-12-22(29(21)31)34(41)46)38(50)43(37(25)49)44-39(51)27-17-13-23-30-24(14-18-28(32(27)30)40(44)52)36(48)42(35(23)47)20(6-2)7-3/h11-20H,5-10H2,1-4H3. The number of amides is 8. The number of hydrogen-bond acceptors (Lipinski definition) is 8. The zero-order valence-corrected chi connectivity index (χ0v) is 29.1. The number of unbranched alkanes of at least 4 members (excludes halogenated alkanes) is 2. The highest BCUT2D eigenvalue weighted by atomic mass is 16.2. The molecule has 0 aliphatic carbocycles. The molecule has 4 heterocycles. The molecule has 0 saturated heterocycles. The molecule has 4 aliphatic heterocycles. The topological polar surface area (TPSA) is 150 Å². The van der Waals surface area contributed by atoms with Gasteiger partial charge in [-0.1, -0.05) is 40.0 Å². The van der Waals surface area contributed by atoms with Crippen molar-refractivity contribution < 1.29 is 38.4 Å². The van der Waals surface area contributed by atoms with E-state index in [0.717, 1.165) is 19.3 Å². The van der Waals surface area contributed by atoms with Gasteiger partial charge in [0.2, 0.25) is 0 Å². The lowest BCUT2D eigenvalue weighted by Gasteiger charge is -2.39. The second-order valence-corrected chi connectivity index (χ2v) is 13.8. The number of hydrazine groups is 1. The highest BCUT2D eigenvalue weighted by molar-refractivity contribution is 6.37. The Labute approximate surface area is 297 Å². The Morgan fingerprint density at radius 1 is 0.423 bits per heavy atom. The average Bonchev–Trinajstić information content (AvgIpc) is 3.14. The van der Waals surface area contributed by atoms with E-state index in [1.807, 2.05) is 20.8 Å². The van der Waals surface area contributed by atoms with Gasteiger partial charge < -0.3 is 0 Å². The number of rotatable bonds is 9. The van der Waals surface area contributed by atoms with Crippen LogP contribution < -0.4 is 0 Å². The molecule has 12 nitrogen and oxygen atoms in total. The second kappa shape index (κ2) is 11.8. The van der Waals surface area contributed by atoms with Crippen LogP contribution in [0.1, 0.15) is 149 Å². The fourth-order valence-electron chi connectivity index (χ4n) is 8.33. The fourth-order valence-corrected chi connectivity index (χ4v) is 8.33. The average molecular weight is 699 g/mol. The molecule has 1 unspecified atom stereocenters. The van der Waals surface area contributed by atoms with E-state index in [1.54, 1.807) is 0 Å². The lowest BCUT2D eigenvalue weighted by molar-refractivity contribution is 0.00211. The van der Waals surface area contributed by atoms with Crippen molar-refractivity contribution in [3.8, 4) is 0 Å². The molecule has 0 saturated carbocycles. The van der Waals surface area contributed by atoms with Gasteiger partial charge in [-0.3, -0.25) is 48.2 Å². The third-order valence-electron chi connectivity index (χ3n) is 11.0. The van der Waals surface area contributed by atoms with Crippen molar-refractivity contribution in [1.29, 1.82) is 0 Å². The van der Waals surface area contributed by atoms with Crippen molar-refractivity contribution in [3.05, 3.63) is 93.0 Å². The summed E-state index contributed by atoms with van der Waals surface area (Å²) in [5, 5.41) is 1.56. The zero-order valence-electron chi connectivity index (χ0n) is 29.1. The number of imide groups is 4. The predicted octanol–water partition coefficient (Wildman–Crippen LogP) is 6.15. The highest BCUT2D eigenvalue weighted by Crippen LogP contribution is 2.42. The zero-order chi connectivity index (χ0) is 36.9. The largest absolute Gasteiger partial charge is 0.281 e. The number of hydrogen-bond donors (Lipinski definition) is 0. The minimum atomic E-state index is -0.989. The normalized spacial score (nSPS) is 17.2. The Morgan fingerprint density at radius 3 is 1.00 bits per heavy atom. The van der Waals surface area contributed by atoms with Crippen LogP contribution >= 0.6 is 0 Å². The number of nitrogens with zero attached hydrogens (tertiary/aromatic N) is 4. The quantitative estimate of drug-likeness (QED) is 0.149. The van der Waals surface area contributed by atoms with Gasteiger partial charge in [-0.15, -0.1) is 0 Å². The smallest absolute Gasteiger partial charge is 0.272 e. The Hall–Kier alpha value is -6.04. The molecule has 262 valence electrons. The van der Waals surface area contributed by atoms with E-state index in [2.05, 4.69) is 6.92 Å². The SMILES string of the molecule is CCCCCC(C)N1C(=O)c2ccc3c4c(ccc(c24)C1=O)C(=O)N(N1C(=O)c2ccc4c5c(ccc(c25)C1=O)C(=O)N(C(CC)CC)C4=O)C3=O. The first-order chi connectivity index (χ1) is 25.0. The van der Waals surface area contributed by atoms with E-state index in [9.17, 15) is 38.4 Å². The second-order valence-electron chi connectivity index (χ2n) is 13.8. The molecule has 8 amide bonds. The van der Waals surface area contributed by atoms with Gasteiger partial charge in [0, 0.05) is 55.9 Å². The van der Waals surface area contributed by atoms with E-state index in [4.69, 9.17) is 0 Å². The van der Waals surface area contributed by atoms with Gasteiger partial charge >= 0.3 is 0 Å². The van der Waals surface area contributed by atoms with Crippen LogP contribution in [-0.2, 0) is 0 Å². The summed E-state index contributed by atoms with van der Waals surface area (Å²) in [4.78, 5) is 114. The van der Waals surface area contributed by atoms with Gasteiger partial charge in [-0.05, 0) is 74.7 Å². The van der Waals surface area contributed by atoms with E-state index >= 15 is 0 Å². The number of carbonyl (C=O) groups excluding carboxylic acids is 8. The molecule has 0 fully saturated rings. The number of carbonyl (C=O) groups is 8. The molecule has 4 aliphatic rings. The summed E-state index contributed by atoms with van der Waals surface area (Å²) >= 11 is 0. The van der Waals surface area contributed by atoms with Crippen molar-refractivity contribution in [2.24, 2.45) is 0 Å². The van der Waals surface area contributed by atoms with Crippen LogP contribution in [0.2, 0.25) is 0 Å². The maximum atomic E-state index is 14.3. The van der Waals surface area contributed by atoms with E-state index in [0.29, 0.717) is 29.3 Å². The van der Waals surface area contributed by atoms with E-state index in [-0.39, 0.29) is 78.1 Å². The van der Waals surface area contributed by atoms with Crippen LogP contribution in [0.3, 0.4) is 0 Å². The number of benzene rings is 4. The van der Waals surface area contributed by atoms with E-state index in [1.165, 1.54) is 58.3 Å². The Bertz CT molecular complexity index is 2270. The van der Waals surface area contributed by atoms with Gasteiger partial charge in [0.15, 0.2) is 0 Å². The van der Waals surface area contributed by atoms with Crippen molar-refractivity contribution in [2.45, 2.75) is 78.3 Å². The van der Waals surface area contributed by atoms with Crippen LogP contribution in [0.5, 0.6) is 0 Å². The molecule has 12 heteroatoms. The molecule has 0 N–H and O–H groups in total. The molecule has 4 aromatic carbocycles. The minimum absolute atomic E-state index is 0.0606. The van der Waals surface area contributed by atoms with Crippen LogP contribution in [0.15, 0.2) is 48.5 Å². The van der Waals surface area contributed by atoms with Gasteiger partial charge in [-0.25, -0.2) is 0 Å². The monoisotopic (exact) mass is 698 g/mol. The predicted molar refractivity (Wildman–Crippen MR) is 188 cm³/mol. The fraction of sp³-hybridized carbons (Fsp3) is 0.300. The molecule has 0 radical (unpaired) electrons. The highest BCUT2D eigenvalue weighted by Gasteiger charge is 2.49. The summed E-state index contributed by atoms with van der Waals surface area (Å²) in [6.45, 7) is 7.66. The summed E-state index contributed by atoms with van der Waals surface area (Å²) in [5.74, 6) is -6.05. The minimum Gasteiger partial charge on any atom is -0.272 e. The molecule has 0 spiro atoms. The molecule has 8 rings (SSSR count). The Morgan fingerprint density at radius 2 is 0.712 bits per heavy atom. The van der Waals surface area contributed by atoms with E-state index < -0.39 is 47.3 Å². The maximum Gasteiger partial charge on any atom is 0.281 e. The van der Waals surface area contributed by atoms with Crippen LogP contribution in [0, 0.1) is 0 Å². The van der Waals surface area contributed by atoms with Crippen LogP contribution in [0.25, 0.3) is 21.5 Å². The van der Waals surface area contributed by atoms with Crippen LogP contribution in [0.4, 0.5) is 0 Å². The van der Waals surface area contributed by atoms with Gasteiger partial charge in [-0.2, -0.15) is 10.0 Å². The molecule has 1 atom stereocenters. The summed E-state index contributed by atoms with van der Waals surface area (Å²) < 4.78 is 0. The first-order valence-corrected chi connectivity index (χ1v) is 17.7. The third-order valence-corrected chi connectivity index (χ3v) is 11.0. The lowest BCUT2D eigenvalue weighted by atomic mass is 9.85. The maximum absolute atomic E-state index is 14.3. The van der Waals surface area contributed by atoms with Gasteiger partial charge in [0.05, 0.1) is 22.3 Å². The first-order valence-electron chi connectivity index (χ1n) is 17.7. The summed E-state index contributed by atoms with van der Waals surface area (Å²) in [6, 6.07) is 10.5. The molecule has 0 aromatic heterocycles. The Kier molecular flexibility index (Phi) is 7.49. The van der Waals surface area contributed by atoms with Crippen molar-refractivity contribution >= 4 is 68.8 Å². The van der Waals surface area contributed by atoms with Gasteiger partial charge in [0.1, 0.15) is 0 Å². The first kappa shape index (κ1) is 33.1. The molecular formula is C40H34N4O8. The summed E-state index contributed by atoms with van der Waals surface area (Å²) in [7, 11) is 0. The molecule has 52 heavy (non-hydrogen) atoms. The third kappa shape index (κ3) is 4.20. The van der Waals surface area contributed by atoms with Crippen LogP contribution in [-0.4, -0.2) is 79.2 Å². The molecule has 4 aromatic rings. The summed E-state index contributed by atoms with van der Waals surface area (Å²) in [5.41, 5.74) is 0.458. The molecular weight excluding hydrogens is 664 g/mol. The van der Waals surface area contributed by atoms with Crippen molar-refractivity contribution in [3.63, 3.8) is 0 Å². The lowest BCUT2D eigenvalue weighted by Crippen LogP contribution is -2.58. The summed E-state index contributed by atoms with van der Waals surface area (Å²) in [6.07, 6.45) is 4.52. The Balaban J connectivity index is 1.20. The van der Waals surface area contributed by atoms with Gasteiger partial charge in [0.25, 0.3) is 47.3 Å². The van der Waals surface area contributed by atoms with Crippen molar-refractivity contribution in [1.82, 2.24) is 19.8 Å².